The van der Waals surface area contributed by atoms with Gasteiger partial charge in [-0.15, -0.1) is 0 Å². The molecular formula is C11H14N6. The van der Waals surface area contributed by atoms with Crippen molar-refractivity contribution in [2.45, 2.75) is 18.8 Å². The van der Waals surface area contributed by atoms with Crippen molar-refractivity contribution in [3.05, 3.63) is 24.3 Å². The average Bonchev–Trinajstić information content (AvgIpc) is 3.11. The van der Waals surface area contributed by atoms with Crippen LogP contribution in [0.4, 0.5) is 5.82 Å². The summed E-state index contributed by atoms with van der Waals surface area (Å²) < 4.78 is 1.75. The van der Waals surface area contributed by atoms with E-state index in [0.717, 1.165) is 17.1 Å². The number of aromatic nitrogens is 4. The van der Waals surface area contributed by atoms with Crippen LogP contribution in [0.3, 0.4) is 0 Å². The Morgan fingerprint density at radius 2 is 2.24 bits per heavy atom. The van der Waals surface area contributed by atoms with Gasteiger partial charge in [0.25, 0.3) is 0 Å². The van der Waals surface area contributed by atoms with Gasteiger partial charge in [-0.3, -0.25) is 4.68 Å². The first kappa shape index (κ1) is 10.2. The molecule has 0 amide bonds. The first-order valence-corrected chi connectivity index (χ1v) is 5.61. The molecule has 2 heterocycles. The van der Waals surface area contributed by atoms with Crippen molar-refractivity contribution >= 4 is 5.82 Å². The Morgan fingerprint density at radius 1 is 1.41 bits per heavy atom. The molecule has 1 fully saturated rings. The molecule has 0 aliphatic heterocycles. The number of rotatable bonds is 3. The van der Waals surface area contributed by atoms with Crippen LogP contribution in [0, 0.1) is 0 Å². The molecule has 2 aromatic rings. The van der Waals surface area contributed by atoms with E-state index < -0.39 is 0 Å². The zero-order valence-electron chi connectivity index (χ0n) is 9.59. The van der Waals surface area contributed by atoms with E-state index in [1.54, 1.807) is 10.9 Å². The Balaban J connectivity index is 2.05. The molecule has 0 spiro atoms. The van der Waals surface area contributed by atoms with Crippen molar-refractivity contribution in [3.8, 4) is 11.3 Å². The smallest absolute Gasteiger partial charge is 0.144 e. The molecule has 0 saturated heterocycles. The topological polar surface area (TPSA) is 81.7 Å². The minimum Gasteiger partial charge on any atom is -0.308 e. The van der Waals surface area contributed by atoms with Crippen molar-refractivity contribution in [1.29, 1.82) is 0 Å². The largest absolute Gasteiger partial charge is 0.308 e. The van der Waals surface area contributed by atoms with Crippen molar-refractivity contribution in [2.24, 2.45) is 12.9 Å². The van der Waals surface area contributed by atoms with Crippen molar-refractivity contribution in [1.82, 2.24) is 19.7 Å². The molecule has 3 N–H and O–H groups in total. The summed E-state index contributed by atoms with van der Waals surface area (Å²) >= 11 is 0. The number of aryl methyl sites for hydroxylation is 1. The van der Waals surface area contributed by atoms with E-state index in [9.17, 15) is 0 Å². The van der Waals surface area contributed by atoms with Gasteiger partial charge >= 0.3 is 0 Å². The third kappa shape index (κ3) is 1.99. The molecule has 0 unspecified atom stereocenters. The van der Waals surface area contributed by atoms with Crippen LogP contribution >= 0.6 is 0 Å². The average molecular weight is 230 g/mol. The summed E-state index contributed by atoms with van der Waals surface area (Å²) in [5, 5.41) is 4.14. The monoisotopic (exact) mass is 230 g/mol. The number of hydrogen-bond donors (Lipinski definition) is 2. The fourth-order valence-electron chi connectivity index (χ4n) is 1.77. The van der Waals surface area contributed by atoms with E-state index in [-0.39, 0.29) is 0 Å². The first-order chi connectivity index (χ1) is 8.26. The first-order valence-electron chi connectivity index (χ1n) is 5.61. The van der Waals surface area contributed by atoms with Crippen LogP contribution in [0.2, 0.25) is 0 Å². The molecule has 1 saturated carbocycles. The standard InChI is InChI=1S/C11H14N6/c1-17-6-8(5-13-17)9-4-10(16-12)15-11(14-9)7-2-3-7/h4-7H,2-3,12H2,1H3,(H,14,15,16). The normalized spacial score (nSPS) is 14.9. The molecular weight excluding hydrogens is 216 g/mol. The van der Waals surface area contributed by atoms with Gasteiger partial charge in [0.05, 0.1) is 11.9 Å². The van der Waals surface area contributed by atoms with E-state index in [4.69, 9.17) is 5.84 Å². The van der Waals surface area contributed by atoms with Crippen molar-refractivity contribution in [2.75, 3.05) is 5.43 Å². The molecule has 0 aromatic carbocycles. The van der Waals surface area contributed by atoms with E-state index in [2.05, 4.69) is 20.5 Å². The predicted octanol–water partition coefficient (Wildman–Crippen LogP) is 1.04. The van der Waals surface area contributed by atoms with Crippen LogP contribution in [0.25, 0.3) is 11.3 Å². The second kappa shape index (κ2) is 3.81. The maximum atomic E-state index is 5.43. The summed E-state index contributed by atoms with van der Waals surface area (Å²) in [4.78, 5) is 8.94. The predicted molar refractivity (Wildman–Crippen MR) is 64.0 cm³/mol. The Bertz CT molecular complexity index is 543. The van der Waals surface area contributed by atoms with Gasteiger partial charge in [-0.05, 0) is 12.8 Å². The van der Waals surface area contributed by atoms with Gasteiger partial charge in [0, 0.05) is 30.8 Å². The van der Waals surface area contributed by atoms with E-state index >= 15 is 0 Å². The SMILES string of the molecule is Cn1cc(-c2cc(NN)nc(C3CC3)n2)cn1. The zero-order valence-corrected chi connectivity index (χ0v) is 9.59. The minimum atomic E-state index is 0.499. The number of hydrazine groups is 1. The Kier molecular flexibility index (Phi) is 2.29. The number of hydrogen-bond acceptors (Lipinski definition) is 5. The van der Waals surface area contributed by atoms with Crippen LogP contribution in [0.15, 0.2) is 18.5 Å². The summed E-state index contributed by atoms with van der Waals surface area (Å²) in [6.07, 6.45) is 6.06. The fourth-order valence-corrected chi connectivity index (χ4v) is 1.77. The highest BCUT2D eigenvalue weighted by Crippen LogP contribution is 2.39. The summed E-state index contributed by atoms with van der Waals surface area (Å²) in [6, 6.07) is 1.84. The number of anilines is 1. The highest BCUT2D eigenvalue weighted by atomic mass is 15.3. The third-order valence-corrected chi connectivity index (χ3v) is 2.83. The maximum absolute atomic E-state index is 5.43. The number of nitrogen functional groups attached to an aromatic ring is 1. The van der Waals surface area contributed by atoms with Gasteiger partial charge in [-0.1, -0.05) is 0 Å². The minimum absolute atomic E-state index is 0.499. The molecule has 3 rings (SSSR count). The van der Waals surface area contributed by atoms with E-state index in [1.165, 1.54) is 12.8 Å². The number of nitrogens with two attached hydrogens (primary N) is 1. The van der Waals surface area contributed by atoms with Gasteiger partial charge in [0.1, 0.15) is 11.6 Å². The summed E-state index contributed by atoms with van der Waals surface area (Å²) in [5.41, 5.74) is 4.43. The third-order valence-electron chi connectivity index (χ3n) is 2.83. The second-order valence-electron chi connectivity index (χ2n) is 4.32. The molecule has 6 nitrogen and oxygen atoms in total. The Labute approximate surface area is 98.8 Å². The van der Waals surface area contributed by atoms with Crippen LogP contribution in [0.5, 0.6) is 0 Å². The molecule has 2 aromatic heterocycles. The zero-order chi connectivity index (χ0) is 11.8. The quantitative estimate of drug-likeness (QED) is 0.608. The molecule has 17 heavy (non-hydrogen) atoms. The van der Waals surface area contributed by atoms with Crippen molar-refractivity contribution < 1.29 is 0 Å². The molecule has 0 radical (unpaired) electrons. The lowest BCUT2D eigenvalue weighted by atomic mass is 10.2. The van der Waals surface area contributed by atoms with Gasteiger partial charge < -0.3 is 5.43 Å². The summed E-state index contributed by atoms with van der Waals surface area (Å²) in [6.45, 7) is 0. The second-order valence-corrected chi connectivity index (χ2v) is 4.32. The Hall–Kier alpha value is -1.95. The highest BCUT2D eigenvalue weighted by molar-refractivity contribution is 5.60. The molecule has 0 bridgehead atoms. The highest BCUT2D eigenvalue weighted by Gasteiger charge is 2.27. The lowest BCUT2D eigenvalue weighted by Gasteiger charge is -2.05. The molecule has 1 aliphatic rings. The van der Waals surface area contributed by atoms with Gasteiger partial charge in [-0.25, -0.2) is 15.8 Å². The van der Waals surface area contributed by atoms with Crippen LogP contribution in [-0.2, 0) is 7.05 Å². The van der Waals surface area contributed by atoms with Gasteiger partial charge in [-0.2, -0.15) is 5.10 Å². The van der Waals surface area contributed by atoms with E-state index in [0.29, 0.717) is 11.7 Å². The molecule has 0 atom stereocenters. The molecule has 88 valence electrons. The fraction of sp³-hybridized carbons (Fsp3) is 0.364. The lowest BCUT2D eigenvalue weighted by molar-refractivity contribution is 0.768. The maximum Gasteiger partial charge on any atom is 0.144 e. The van der Waals surface area contributed by atoms with Crippen LogP contribution < -0.4 is 11.3 Å². The Morgan fingerprint density at radius 3 is 2.82 bits per heavy atom. The van der Waals surface area contributed by atoms with Gasteiger partial charge in [0.15, 0.2) is 0 Å². The molecule has 1 aliphatic carbocycles. The summed E-state index contributed by atoms with van der Waals surface area (Å²) in [7, 11) is 1.88. The van der Waals surface area contributed by atoms with Crippen molar-refractivity contribution in [3.63, 3.8) is 0 Å². The number of nitrogens with one attached hydrogen (secondary N) is 1. The van der Waals surface area contributed by atoms with Gasteiger partial charge in [0.2, 0.25) is 0 Å². The lowest BCUT2D eigenvalue weighted by Crippen LogP contribution is -2.10. The number of nitrogens with zero attached hydrogens (tertiary/aromatic N) is 4. The van der Waals surface area contributed by atoms with Crippen LogP contribution in [0.1, 0.15) is 24.6 Å². The molecule has 6 heteroatoms. The van der Waals surface area contributed by atoms with Crippen LogP contribution in [-0.4, -0.2) is 19.7 Å². The summed E-state index contributed by atoms with van der Waals surface area (Å²) in [5.74, 6) is 7.46. The van der Waals surface area contributed by atoms with E-state index in [1.807, 2.05) is 19.3 Å².